The number of fused-ring (bicyclic) bond motifs is 1. The lowest BCUT2D eigenvalue weighted by molar-refractivity contribution is 0.550. The molecule has 1 aliphatic heterocycles. The lowest BCUT2D eigenvalue weighted by Crippen LogP contribution is -2.13. The lowest BCUT2D eigenvalue weighted by Gasteiger charge is -2.14. The van der Waals surface area contributed by atoms with Crippen LogP contribution in [0.1, 0.15) is 6.42 Å². The third-order valence-electron chi connectivity index (χ3n) is 5.12. The maximum atomic E-state index is 13.5. The largest absolute Gasteiger partial charge is 0.280 e. The van der Waals surface area contributed by atoms with Crippen LogP contribution in [0.5, 0.6) is 0 Å². The normalized spacial score (nSPS) is 13.5. The van der Waals surface area contributed by atoms with Gasteiger partial charge in [-0.05, 0) is 54.4 Å². The van der Waals surface area contributed by atoms with Gasteiger partial charge in [-0.1, -0.05) is 18.2 Å². The summed E-state index contributed by atoms with van der Waals surface area (Å²) in [6.07, 6.45) is 4.54. The topological polar surface area (TPSA) is 76.9 Å². The Labute approximate surface area is 189 Å². The van der Waals surface area contributed by atoms with Gasteiger partial charge in [0.05, 0.1) is 4.90 Å². The van der Waals surface area contributed by atoms with Crippen LogP contribution in [0.4, 0.5) is 10.1 Å². The second-order valence-electron chi connectivity index (χ2n) is 7.33. The Kier molecular flexibility index (Phi) is 5.44. The van der Waals surface area contributed by atoms with E-state index >= 15 is 0 Å². The average molecular weight is 467 g/mol. The Morgan fingerprint density at radius 2 is 1.81 bits per heavy atom. The van der Waals surface area contributed by atoms with Gasteiger partial charge in [0.25, 0.3) is 10.0 Å². The van der Waals surface area contributed by atoms with Gasteiger partial charge in [0.15, 0.2) is 0 Å². The molecule has 5 rings (SSSR count). The maximum absolute atomic E-state index is 13.5. The lowest BCUT2D eigenvalue weighted by atomic mass is 10.0. The Bertz CT molecular complexity index is 1390. The minimum atomic E-state index is -3.93. The number of anilines is 1. The van der Waals surface area contributed by atoms with Crippen LogP contribution in [0.25, 0.3) is 22.4 Å². The van der Waals surface area contributed by atoms with Crippen LogP contribution in [0, 0.1) is 5.82 Å². The number of hydrogen-bond acceptors (Lipinski definition) is 5. The number of halogens is 1. The predicted octanol–water partition coefficient (Wildman–Crippen LogP) is 5.05. The van der Waals surface area contributed by atoms with Crippen LogP contribution < -0.4 is 4.72 Å². The van der Waals surface area contributed by atoms with Crippen LogP contribution >= 0.6 is 11.8 Å². The minimum absolute atomic E-state index is 0.130. The van der Waals surface area contributed by atoms with Crippen molar-refractivity contribution in [2.45, 2.75) is 22.9 Å². The van der Waals surface area contributed by atoms with Gasteiger partial charge < -0.3 is 0 Å². The number of benzene rings is 2. The first-order chi connectivity index (χ1) is 15.5. The van der Waals surface area contributed by atoms with Gasteiger partial charge >= 0.3 is 0 Å². The molecular formula is C23H19FN4O2S2. The van der Waals surface area contributed by atoms with Crippen molar-refractivity contribution in [3.05, 3.63) is 78.9 Å². The number of rotatable bonds is 5. The van der Waals surface area contributed by atoms with Crippen molar-refractivity contribution in [2.24, 2.45) is 0 Å². The molecule has 0 aliphatic carbocycles. The first kappa shape index (κ1) is 20.7. The first-order valence-corrected chi connectivity index (χ1v) is 12.5. The van der Waals surface area contributed by atoms with Crippen LogP contribution in [0.2, 0.25) is 0 Å². The number of nitrogens with zero attached hydrogens (tertiary/aromatic N) is 3. The molecule has 0 saturated heterocycles. The fourth-order valence-corrected chi connectivity index (χ4v) is 5.87. The zero-order valence-electron chi connectivity index (χ0n) is 16.9. The van der Waals surface area contributed by atoms with Crippen molar-refractivity contribution < 1.29 is 12.8 Å². The molecule has 0 radical (unpaired) electrons. The van der Waals surface area contributed by atoms with Gasteiger partial charge in [-0.3, -0.25) is 14.4 Å². The SMILES string of the molecule is O=S(=O)(Nc1cccc(-c2nn3c(c2-c2ccncc2)SCCC3)c1)c1cccc(F)c1. The smallest absolute Gasteiger partial charge is 0.261 e. The molecule has 2 aromatic heterocycles. The van der Waals surface area contributed by atoms with Crippen LogP contribution in [0.15, 0.2) is 83.0 Å². The fourth-order valence-electron chi connectivity index (χ4n) is 3.69. The third kappa shape index (κ3) is 4.01. The van der Waals surface area contributed by atoms with Gasteiger partial charge in [-0.25, -0.2) is 12.8 Å². The molecule has 9 heteroatoms. The van der Waals surface area contributed by atoms with Crippen molar-refractivity contribution >= 4 is 27.5 Å². The molecule has 0 spiro atoms. The summed E-state index contributed by atoms with van der Waals surface area (Å²) in [7, 11) is -3.93. The second-order valence-corrected chi connectivity index (χ2v) is 10.1. The Balaban J connectivity index is 1.56. The zero-order valence-corrected chi connectivity index (χ0v) is 18.5. The predicted molar refractivity (Wildman–Crippen MR) is 123 cm³/mol. The van der Waals surface area contributed by atoms with E-state index in [4.69, 9.17) is 5.10 Å². The Hall–Kier alpha value is -3.17. The van der Waals surface area contributed by atoms with Gasteiger partial charge in [0.2, 0.25) is 0 Å². The molecule has 0 saturated carbocycles. The molecule has 2 aromatic carbocycles. The molecule has 4 aromatic rings. The number of hydrogen-bond donors (Lipinski definition) is 1. The summed E-state index contributed by atoms with van der Waals surface area (Å²) in [6.45, 7) is 0.840. The quantitative estimate of drug-likeness (QED) is 0.446. The van der Waals surface area contributed by atoms with Crippen LogP contribution in [-0.2, 0) is 16.6 Å². The summed E-state index contributed by atoms with van der Waals surface area (Å²) >= 11 is 1.77. The summed E-state index contributed by atoms with van der Waals surface area (Å²) in [5, 5.41) is 5.95. The number of aromatic nitrogens is 3. The van der Waals surface area contributed by atoms with Crippen molar-refractivity contribution in [3.63, 3.8) is 0 Å². The molecule has 6 nitrogen and oxygen atoms in total. The van der Waals surface area contributed by atoms with Crippen molar-refractivity contribution in [1.29, 1.82) is 0 Å². The molecule has 0 amide bonds. The Morgan fingerprint density at radius 1 is 1.00 bits per heavy atom. The molecule has 0 atom stereocenters. The van der Waals surface area contributed by atoms with Crippen molar-refractivity contribution in [2.75, 3.05) is 10.5 Å². The molecular weight excluding hydrogens is 447 g/mol. The van der Waals surface area contributed by atoms with Crippen molar-refractivity contribution in [3.8, 4) is 22.4 Å². The summed E-state index contributed by atoms with van der Waals surface area (Å²) in [6, 6.07) is 15.9. The van der Waals surface area contributed by atoms with Gasteiger partial charge in [0.1, 0.15) is 16.5 Å². The molecule has 0 bridgehead atoms. The first-order valence-electron chi connectivity index (χ1n) is 10.0. The van der Waals surface area contributed by atoms with E-state index in [2.05, 4.69) is 9.71 Å². The van der Waals surface area contributed by atoms with Crippen LogP contribution in [0.3, 0.4) is 0 Å². The van der Waals surface area contributed by atoms with Crippen LogP contribution in [-0.4, -0.2) is 28.9 Å². The average Bonchev–Trinajstić information content (AvgIpc) is 3.19. The number of pyridine rings is 1. The second kappa shape index (κ2) is 8.40. The summed E-state index contributed by atoms with van der Waals surface area (Å²) < 4.78 is 43.6. The highest BCUT2D eigenvalue weighted by Gasteiger charge is 2.24. The van der Waals surface area contributed by atoms with E-state index in [0.717, 1.165) is 52.2 Å². The summed E-state index contributed by atoms with van der Waals surface area (Å²) in [4.78, 5) is 3.99. The molecule has 162 valence electrons. The monoisotopic (exact) mass is 466 g/mol. The number of nitrogens with one attached hydrogen (secondary N) is 1. The highest BCUT2D eigenvalue weighted by Crippen LogP contribution is 2.41. The number of thioether (sulfide) groups is 1. The highest BCUT2D eigenvalue weighted by molar-refractivity contribution is 7.99. The minimum Gasteiger partial charge on any atom is -0.280 e. The zero-order chi connectivity index (χ0) is 22.1. The summed E-state index contributed by atoms with van der Waals surface area (Å²) in [5.41, 5.74) is 3.98. The van der Waals surface area contributed by atoms with E-state index in [0.29, 0.717) is 5.69 Å². The molecule has 0 fully saturated rings. The molecule has 0 unspecified atom stereocenters. The van der Waals surface area contributed by atoms with E-state index < -0.39 is 15.8 Å². The van der Waals surface area contributed by atoms with E-state index in [1.807, 2.05) is 22.9 Å². The van der Waals surface area contributed by atoms with E-state index in [-0.39, 0.29) is 4.90 Å². The number of sulfonamides is 1. The number of aryl methyl sites for hydroxylation is 1. The van der Waals surface area contributed by atoms with E-state index in [1.165, 1.54) is 18.2 Å². The van der Waals surface area contributed by atoms with E-state index in [9.17, 15) is 12.8 Å². The Morgan fingerprint density at radius 3 is 2.62 bits per heavy atom. The highest BCUT2D eigenvalue weighted by atomic mass is 32.2. The summed E-state index contributed by atoms with van der Waals surface area (Å²) in [5.74, 6) is 0.418. The fraction of sp³-hybridized carbons (Fsp3) is 0.130. The molecule has 3 heterocycles. The molecule has 1 N–H and O–H groups in total. The molecule has 1 aliphatic rings. The third-order valence-corrected chi connectivity index (χ3v) is 7.68. The van der Waals surface area contributed by atoms with Crippen molar-refractivity contribution in [1.82, 2.24) is 14.8 Å². The van der Waals surface area contributed by atoms with E-state index in [1.54, 1.807) is 42.4 Å². The van der Waals surface area contributed by atoms with Gasteiger partial charge in [0, 0.05) is 41.5 Å². The van der Waals surface area contributed by atoms with Gasteiger partial charge in [-0.15, -0.1) is 11.8 Å². The van der Waals surface area contributed by atoms with Gasteiger partial charge in [-0.2, -0.15) is 5.10 Å². The maximum Gasteiger partial charge on any atom is 0.261 e. The molecule has 32 heavy (non-hydrogen) atoms. The standard InChI is InChI=1S/C23H19FN4O2S2/c24-18-5-2-7-20(15-18)32(29,30)27-19-6-1-4-17(14-19)22-21(16-8-10-25-11-9-16)23-28(26-22)12-3-13-31-23/h1-2,4-11,14-15,27H,3,12-13H2.